The number of Topliss-reactive ketones (excluding diaryl/α,β-unsaturated/α-hetero) is 2. The molecule has 0 fully saturated rings. The van der Waals surface area contributed by atoms with Crippen LogP contribution in [-0.2, 0) is 31.8 Å². The second-order valence-corrected chi connectivity index (χ2v) is 15.6. The molecule has 0 aromatic heterocycles. The first kappa shape index (κ1) is 46.6. The van der Waals surface area contributed by atoms with Crippen molar-refractivity contribution >= 4 is 11.6 Å². The van der Waals surface area contributed by atoms with Crippen molar-refractivity contribution in [3.05, 3.63) is 131 Å². The normalized spacial score (nSPS) is 18.6. The van der Waals surface area contributed by atoms with Crippen LogP contribution in [0, 0.1) is 11.8 Å². The maximum atomic E-state index is 14.3. The number of carbonyl (C=O) groups excluding carboxylic acids is 2. The summed E-state index contributed by atoms with van der Waals surface area (Å²) in [5.41, 5.74) is 16.5. The summed E-state index contributed by atoms with van der Waals surface area (Å²) >= 11 is 0. The number of ether oxygens (including phenoxy) is 5. The Morgan fingerprint density at radius 2 is 1.35 bits per heavy atom. The number of carbonyl (C=O) groups is 2. The molecule has 0 spiro atoms. The monoisotopic (exact) mass is 826 g/mol. The molecule has 4 aromatic rings. The zero-order valence-electron chi connectivity index (χ0n) is 34.8. The Labute approximate surface area is 353 Å². The lowest BCUT2D eigenvalue weighted by atomic mass is 9.78. The molecule has 5 rings (SSSR count). The predicted molar refractivity (Wildman–Crippen MR) is 229 cm³/mol. The summed E-state index contributed by atoms with van der Waals surface area (Å²) in [6.45, 7) is 5.32. The van der Waals surface area contributed by atoms with E-state index in [1.807, 2.05) is 67.6 Å². The fourth-order valence-electron chi connectivity index (χ4n) is 7.80. The first-order valence-corrected chi connectivity index (χ1v) is 20.9. The second-order valence-electron chi connectivity index (χ2n) is 15.6. The average molecular weight is 827 g/mol. The van der Waals surface area contributed by atoms with E-state index in [1.54, 1.807) is 49.6 Å². The molecule has 324 valence electrons. The van der Waals surface area contributed by atoms with E-state index in [2.05, 4.69) is 0 Å². The number of benzene rings is 4. The zero-order chi connectivity index (χ0) is 42.9. The van der Waals surface area contributed by atoms with Gasteiger partial charge in [-0.2, -0.15) is 0 Å². The number of aliphatic hydroxyl groups excluding tert-OH is 3. The Bertz CT molecular complexity index is 1890. The number of aliphatic hydroxyl groups is 3. The van der Waals surface area contributed by atoms with Gasteiger partial charge in [0.1, 0.15) is 23.9 Å². The summed E-state index contributed by atoms with van der Waals surface area (Å²) in [5, 5.41) is 34.2. The molecular weight excluding hydrogens is 765 g/mol. The molecular formula is C48H62N2O10. The van der Waals surface area contributed by atoms with Gasteiger partial charge < -0.3 is 50.5 Å². The number of ketones is 2. The largest absolute Gasteiger partial charge is 0.493 e. The molecule has 8 atom stereocenters. The zero-order valence-corrected chi connectivity index (χ0v) is 34.8. The number of hydrogen-bond acceptors (Lipinski definition) is 12. The lowest BCUT2D eigenvalue weighted by Crippen LogP contribution is -2.50. The fourth-order valence-corrected chi connectivity index (χ4v) is 7.80. The Balaban J connectivity index is 1.09. The van der Waals surface area contributed by atoms with Gasteiger partial charge in [-0.1, -0.05) is 85.8 Å². The van der Waals surface area contributed by atoms with Gasteiger partial charge in [0, 0.05) is 19.6 Å². The van der Waals surface area contributed by atoms with Crippen LogP contribution in [-0.4, -0.2) is 105 Å². The van der Waals surface area contributed by atoms with Gasteiger partial charge in [-0.15, -0.1) is 0 Å². The van der Waals surface area contributed by atoms with Crippen molar-refractivity contribution in [3.63, 3.8) is 0 Å². The molecule has 4 aromatic carbocycles. The molecule has 0 radical (unpaired) electrons. The SMILES string of the molecule is COCCOCCOCCOc1ccc(CCCOc2ccccc2C(=O)CC(C)CC(N)C(O)C(O)C(Cc2ccccc2)C(=O)[C@@H]2c3ccccc3[C@H](N)[C@H]2O)cc1. The molecule has 1 aliphatic rings. The van der Waals surface area contributed by atoms with Gasteiger partial charge in [-0.25, -0.2) is 0 Å². The number of methoxy groups -OCH3 is 1. The number of rotatable bonds is 27. The minimum atomic E-state index is -1.54. The number of fused-ring (bicyclic) bond motifs is 1. The fraction of sp³-hybridized carbons (Fsp3) is 0.458. The minimum Gasteiger partial charge on any atom is -0.493 e. The predicted octanol–water partition coefficient (Wildman–Crippen LogP) is 4.99. The smallest absolute Gasteiger partial charge is 0.166 e. The van der Waals surface area contributed by atoms with Crippen molar-refractivity contribution in [1.82, 2.24) is 0 Å². The van der Waals surface area contributed by atoms with E-state index in [0.29, 0.717) is 68.7 Å². The number of para-hydroxylation sites is 1. The Kier molecular flexibility index (Phi) is 18.7. The number of hydrogen-bond donors (Lipinski definition) is 5. The number of aryl methyl sites for hydroxylation is 1. The Hall–Kier alpha value is -4.50. The molecule has 12 nitrogen and oxygen atoms in total. The molecule has 0 saturated heterocycles. The summed E-state index contributed by atoms with van der Waals surface area (Å²) in [6, 6.07) is 29.7. The quantitative estimate of drug-likeness (QED) is 0.0400. The standard InChI is InChI=1S/C48H62N2O10/c1-32(29-40(49)47(54)46(53)39(31-34-11-4-3-5-12-34)45(52)43-36-14-6-7-15-37(36)44(50)48(43)55)30-41(51)38-16-8-9-17-42(38)60-22-10-13-33-18-20-35(21-19-33)59-28-27-58-26-25-57-24-23-56-2/h3-9,11-12,14-21,32,39-40,43-44,46-48,53-55H,10,13,22-31,49-50H2,1-2H3/t32?,39?,40?,43-,44-,46?,47?,48-/m0/s1. The van der Waals surface area contributed by atoms with Crippen LogP contribution < -0.4 is 20.9 Å². The van der Waals surface area contributed by atoms with E-state index in [4.69, 9.17) is 35.2 Å². The lowest BCUT2D eigenvalue weighted by Gasteiger charge is -2.32. The highest BCUT2D eigenvalue weighted by molar-refractivity contribution is 5.98. The van der Waals surface area contributed by atoms with Crippen molar-refractivity contribution in [1.29, 1.82) is 0 Å². The highest BCUT2D eigenvalue weighted by Gasteiger charge is 2.46. The van der Waals surface area contributed by atoms with E-state index in [1.165, 1.54) is 0 Å². The van der Waals surface area contributed by atoms with E-state index < -0.39 is 48.0 Å². The minimum absolute atomic E-state index is 0.126. The van der Waals surface area contributed by atoms with Gasteiger partial charge in [0.15, 0.2) is 5.78 Å². The van der Waals surface area contributed by atoms with E-state index in [0.717, 1.165) is 29.7 Å². The summed E-state index contributed by atoms with van der Waals surface area (Å²) in [6.07, 6.45) is -2.21. The highest BCUT2D eigenvalue weighted by Crippen LogP contribution is 2.42. The average Bonchev–Trinajstić information content (AvgIpc) is 3.52. The summed E-state index contributed by atoms with van der Waals surface area (Å²) in [5.74, 6) is -1.59. The third-order valence-electron chi connectivity index (χ3n) is 11.1. The van der Waals surface area contributed by atoms with Gasteiger partial charge >= 0.3 is 0 Å². The summed E-state index contributed by atoms with van der Waals surface area (Å²) < 4.78 is 27.7. The van der Waals surface area contributed by atoms with Crippen LogP contribution in [0.3, 0.4) is 0 Å². The van der Waals surface area contributed by atoms with Crippen LogP contribution in [0.25, 0.3) is 0 Å². The third kappa shape index (κ3) is 13.2. The van der Waals surface area contributed by atoms with E-state index in [-0.39, 0.29) is 31.0 Å². The van der Waals surface area contributed by atoms with Crippen LogP contribution >= 0.6 is 0 Å². The molecule has 0 bridgehead atoms. The van der Waals surface area contributed by atoms with Crippen LogP contribution in [0.1, 0.15) is 70.8 Å². The molecule has 1 aliphatic carbocycles. The third-order valence-corrected chi connectivity index (χ3v) is 11.1. The Morgan fingerprint density at radius 1 is 0.717 bits per heavy atom. The van der Waals surface area contributed by atoms with E-state index >= 15 is 0 Å². The van der Waals surface area contributed by atoms with Gasteiger partial charge in [0.2, 0.25) is 0 Å². The lowest BCUT2D eigenvalue weighted by molar-refractivity contribution is -0.134. The Morgan fingerprint density at radius 3 is 2.07 bits per heavy atom. The maximum absolute atomic E-state index is 14.3. The molecule has 0 saturated carbocycles. The molecule has 5 unspecified atom stereocenters. The van der Waals surface area contributed by atoms with Crippen molar-refractivity contribution < 1.29 is 48.6 Å². The second kappa shape index (κ2) is 24.1. The van der Waals surface area contributed by atoms with Gasteiger partial charge in [-0.3, -0.25) is 9.59 Å². The highest BCUT2D eigenvalue weighted by atomic mass is 16.6. The molecule has 0 heterocycles. The first-order valence-electron chi connectivity index (χ1n) is 20.9. The van der Waals surface area contributed by atoms with E-state index in [9.17, 15) is 24.9 Å². The van der Waals surface area contributed by atoms with Crippen LogP contribution in [0.2, 0.25) is 0 Å². The molecule has 60 heavy (non-hydrogen) atoms. The molecule has 0 aliphatic heterocycles. The van der Waals surface area contributed by atoms with Gasteiger partial charge in [0.25, 0.3) is 0 Å². The molecule has 0 amide bonds. The van der Waals surface area contributed by atoms with Crippen LogP contribution in [0.5, 0.6) is 11.5 Å². The summed E-state index contributed by atoms with van der Waals surface area (Å²) in [4.78, 5) is 27.8. The van der Waals surface area contributed by atoms with Crippen molar-refractivity contribution in [2.24, 2.45) is 23.3 Å². The topological polar surface area (TPSA) is 193 Å². The van der Waals surface area contributed by atoms with Crippen molar-refractivity contribution in [2.75, 3.05) is 53.4 Å². The van der Waals surface area contributed by atoms with Crippen molar-refractivity contribution in [2.45, 2.75) is 75.3 Å². The molecule has 7 N–H and O–H groups in total. The summed E-state index contributed by atoms with van der Waals surface area (Å²) in [7, 11) is 1.64. The van der Waals surface area contributed by atoms with Gasteiger partial charge in [0.05, 0.1) is 81.4 Å². The number of nitrogens with two attached hydrogens (primary N) is 2. The molecule has 12 heteroatoms. The maximum Gasteiger partial charge on any atom is 0.166 e. The van der Waals surface area contributed by atoms with Crippen LogP contribution in [0.4, 0.5) is 0 Å². The van der Waals surface area contributed by atoms with Crippen molar-refractivity contribution in [3.8, 4) is 11.5 Å². The van der Waals surface area contributed by atoms with Gasteiger partial charge in [-0.05, 0) is 78.1 Å². The first-order chi connectivity index (χ1) is 29.1. The van der Waals surface area contributed by atoms with Crippen LogP contribution in [0.15, 0.2) is 103 Å².